The normalized spacial score (nSPS) is 18.4. The summed E-state index contributed by atoms with van der Waals surface area (Å²) < 4.78 is 0. The fraction of sp³-hybridized carbons (Fsp3) is 0.706. The summed E-state index contributed by atoms with van der Waals surface area (Å²) in [6, 6.07) is -3.48. The van der Waals surface area contributed by atoms with Crippen molar-refractivity contribution in [2.75, 3.05) is 13.1 Å². The molecule has 0 radical (unpaired) electrons. The van der Waals surface area contributed by atoms with Crippen molar-refractivity contribution >= 4 is 29.7 Å². The zero-order valence-electron chi connectivity index (χ0n) is 16.0. The molecule has 0 aromatic heterocycles. The molecule has 1 aliphatic rings. The number of hydrogen-bond acceptors (Lipinski definition) is 6. The molecule has 0 saturated carbocycles. The quantitative estimate of drug-likeness (QED) is 0.294. The molecule has 11 nitrogen and oxygen atoms in total. The van der Waals surface area contributed by atoms with Crippen molar-refractivity contribution < 1.29 is 34.2 Å². The number of amides is 3. The molecular weight excluding hydrogens is 372 g/mol. The van der Waals surface area contributed by atoms with Crippen LogP contribution in [0.3, 0.4) is 0 Å². The molecule has 0 aliphatic carbocycles. The summed E-state index contributed by atoms with van der Waals surface area (Å²) in [5.74, 6) is -4.53. The van der Waals surface area contributed by atoms with Crippen LogP contribution < -0.4 is 16.4 Å². The molecule has 3 atom stereocenters. The minimum absolute atomic E-state index is 0.0254. The van der Waals surface area contributed by atoms with Gasteiger partial charge in [-0.1, -0.05) is 13.8 Å². The van der Waals surface area contributed by atoms with Crippen LogP contribution >= 0.6 is 0 Å². The highest BCUT2D eigenvalue weighted by atomic mass is 16.4. The molecule has 28 heavy (non-hydrogen) atoms. The van der Waals surface area contributed by atoms with Crippen LogP contribution in [0.2, 0.25) is 0 Å². The topological polar surface area (TPSA) is 179 Å². The first-order valence-corrected chi connectivity index (χ1v) is 9.11. The number of carbonyl (C=O) groups is 5. The van der Waals surface area contributed by atoms with E-state index in [0.29, 0.717) is 6.42 Å². The molecule has 0 bridgehead atoms. The van der Waals surface area contributed by atoms with E-state index in [1.165, 1.54) is 0 Å². The number of nitrogens with two attached hydrogens (primary N) is 1. The van der Waals surface area contributed by atoms with Gasteiger partial charge < -0.3 is 31.5 Å². The monoisotopic (exact) mass is 400 g/mol. The molecule has 11 heteroatoms. The Hall–Kier alpha value is -2.69. The van der Waals surface area contributed by atoms with E-state index in [2.05, 4.69) is 10.6 Å². The van der Waals surface area contributed by atoms with Gasteiger partial charge in [0, 0.05) is 6.54 Å². The third kappa shape index (κ3) is 6.80. The molecular formula is C17H28N4O7. The van der Waals surface area contributed by atoms with Gasteiger partial charge in [0.25, 0.3) is 0 Å². The first-order valence-electron chi connectivity index (χ1n) is 9.11. The van der Waals surface area contributed by atoms with Crippen LogP contribution in [0.15, 0.2) is 0 Å². The lowest BCUT2D eigenvalue weighted by Crippen LogP contribution is -2.56. The zero-order chi connectivity index (χ0) is 21.4. The highest BCUT2D eigenvalue weighted by molar-refractivity contribution is 5.95. The van der Waals surface area contributed by atoms with Gasteiger partial charge in [-0.25, -0.2) is 4.79 Å². The SMILES string of the molecule is CC(C)CC(NC(=O)CN)C(=O)NC(CC(=O)O)C(=O)N1CCCC1C(=O)O. The minimum Gasteiger partial charge on any atom is -0.481 e. The van der Waals surface area contributed by atoms with Gasteiger partial charge in [0.15, 0.2) is 0 Å². The fourth-order valence-corrected chi connectivity index (χ4v) is 3.09. The van der Waals surface area contributed by atoms with Crippen molar-refractivity contribution in [1.29, 1.82) is 0 Å². The van der Waals surface area contributed by atoms with E-state index in [9.17, 15) is 29.1 Å². The van der Waals surface area contributed by atoms with Crippen LogP contribution in [0.25, 0.3) is 0 Å². The number of likely N-dealkylation sites (tertiary alicyclic amines) is 1. The van der Waals surface area contributed by atoms with E-state index in [-0.39, 0.29) is 31.8 Å². The third-order valence-corrected chi connectivity index (χ3v) is 4.36. The summed E-state index contributed by atoms with van der Waals surface area (Å²) in [6.45, 7) is 3.50. The van der Waals surface area contributed by atoms with Crippen molar-refractivity contribution in [3.05, 3.63) is 0 Å². The molecule has 6 N–H and O–H groups in total. The predicted octanol–water partition coefficient (Wildman–Crippen LogP) is -1.49. The summed E-state index contributed by atoms with van der Waals surface area (Å²) in [5, 5.41) is 23.2. The van der Waals surface area contributed by atoms with Gasteiger partial charge >= 0.3 is 11.9 Å². The van der Waals surface area contributed by atoms with E-state index in [4.69, 9.17) is 10.8 Å². The largest absolute Gasteiger partial charge is 0.481 e. The highest BCUT2D eigenvalue weighted by Crippen LogP contribution is 2.19. The third-order valence-electron chi connectivity index (χ3n) is 4.36. The Balaban J connectivity index is 2.97. The van der Waals surface area contributed by atoms with Crippen LogP contribution in [-0.2, 0) is 24.0 Å². The van der Waals surface area contributed by atoms with Gasteiger partial charge in [-0.3, -0.25) is 19.2 Å². The van der Waals surface area contributed by atoms with E-state index in [1.54, 1.807) is 0 Å². The molecule has 1 fully saturated rings. The average Bonchev–Trinajstić information content (AvgIpc) is 3.08. The number of aliphatic carboxylic acids is 2. The summed E-state index contributed by atoms with van der Waals surface area (Å²) >= 11 is 0. The summed E-state index contributed by atoms with van der Waals surface area (Å²) in [7, 11) is 0. The lowest BCUT2D eigenvalue weighted by atomic mass is 10.0. The van der Waals surface area contributed by atoms with Crippen LogP contribution in [0.4, 0.5) is 0 Å². The van der Waals surface area contributed by atoms with Gasteiger partial charge in [-0.05, 0) is 25.2 Å². The molecule has 3 unspecified atom stereocenters. The fourth-order valence-electron chi connectivity index (χ4n) is 3.09. The minimum atomic E-state index is -1.44. The van der Waals surface area contributed by atoms with Crippen molar-refractivity contribution in [1.82, 2.24) is 15.5 Å². The van der Waals surface area contributed by atoms with Crippen molar-refractivity contribution in [3.8, 4) is 0 Å². The highest BCUT2D eigenvalue weighted by Gasteiger charge is 2.39. The smallest absolute Gasteiger partial charge is 0.326 e. The molecule has 0 aromatic rings. The maximum Gasteiger partial charge on any atom is 0.326 e. The van der Waals surface area contributed by atoms with Gasteiger partial charge in [-0.15, -0.1) is 0 Å². The summed E-state index contributed by atoms with van der Waals surface area (Å²) in [6.07, 6.45) is 0.288. The molecule has 1 aliphatic heterocycles. The van der Waals surface area contributed by atoms with Crippen LogP contribution in [-0.4, -0.2) is 76.0 Å². The van der Waals surface area contributed by atoms with Crippen molar-refractivity contribution in [2.45, 2.75) is 57.7 Å². The molecule has 1 saturated heterocycles. The Kier molecular flexibility index (Phi) is 8.83. The maximum absolute atomic E-state index is 12.7. The second-order valence-electron chi connectivity index (χ2n) is 7.14. The van der Waals surface area contributed by atoms with Crippen molar-refractivity contribution in [3.63, 3.8) is 0 Å². The molecule has 1 heterocycles. The molecule has 158 valence electrons. The Morgan fingerprint density at radius 2 is 1.75 bits per heavy atom. The lowest BCUT2D eigenvalue weighted by Gasteiger charge is -2.28. The van der Waals surface area contributed by atoms with Gasteiger partial charge in [0.1, 0.15) is 18.1 Å². The number of carbonyl (C=O) groups excluding carboxylic acids is 3. The van der Waals surface area contributed by atoms with Crippen LogP contribution in [0, 0.1) is 5.92 Å². The Morgan fingerprint density at radius 3 is 2.25 bits per heavy atom. The van der Waals surface area contributed by atoms with E-state index in [1.807, 2.05) is 13.8 Å². The number of carboxylic acid groups (broad SMARTS) is 2. The van der Waals surface area contributed by atoms with E-state index < -0.39 is 54.2 Å². The number of carboxylic acids is 2. The molecule has 0 spiro atoms. The van der Waals surface area contributed by atoms with Gasteiger partial charge in [0.2, 0.25) is 17.7 Å². The number of nitrogens with zero attached hydrogens (tertiary/aromatic N) is 1. The number of nitrogens with one attached hydrogen (secondary N) is 2. The van der Waals surface area contributed by atoms with Crippen molar-refractivity contribution in [2.24, 2.45) is 11.7 Å². The second kappa shape index (κ2) is 10.6. The zero-order valence-corrected chi connectivity index (χ0v) is 16.0. The summed E-state index contributed by atoms with van der Waals surface area (Å²) in [4.78, 5) is 60.5. The van der Waals surface area contributed by atoms with Crippen LogP contribution in [0.5, 0.6) is 0 Å². The number of rotatable bonds is 10. The average molecular weight is 400 g/mol. The predicted molar refractivity (Wildman–Crippen MR) is 97.0 cm³/mol. The molecule has 1 rings (SSSR count). The first-order chi connectivity index (χ1) is 13.1. The van der Waals surface area contributed by atoms with Gasteiger partial charge in [-0.2, -0.15) is 0 Å². The van der Waals surface area contributed by atoms with E-state index in [0.717, 1.165) is 4.90 Å². The first kappa shape index (κ1) is 23.3. The lowest BCUT2D eigenvalue weighted by molar-refractivity contribution is -0.150. The Labute approximate surface area is 162 Å². The molecule has 0 aromatic carbocycles. The Bertz CT molecular complexity index is 623. The van der Waals surface area contributed by atoms with Crippen LogP contribution in [0.1, 0.15) is 39.5 Å². The van der Waals surface area contributed by atoms with E-state index >= 15 is 0 Å². The maximum atomic E-state index is 12.7. The standard InChI is InChI=1S/C17H28N4O7/c1-9(2)6-10(19-13(22)8-18)15(25)20-11(7-14(23)24)16(26)21-5-3-4-12(21)17(27)28/h9-12H,3-8,18H2,1-2H3,(H,19,22)(H,20,25)(H,23,24)(H,27,28). The molecule has 3 amide bonds. The second-order valence-corrected chi connectivity index (χ2v) is 7.14. The Morgan fingerprint density at radius 1 is 1.11 bits per heavy atom. The van der Waals surface area contributed by atoms with Gasteiger partial charge in [0.05, 0.1) is 13.0 Å². The number of hydrogen-bond donors (Lipinski definition) is 5. The summed E-state index contributed by atoms with van der Waals surface area (Å²) in [5.41, 5.74) is 5.26.